The van der Waals surface area contributed by atoms with Crippen molar-refractivity contribution in [3.8, 4) is 0 Å². The van der Waals surface area contributed by atoms with E-state index in [-0.39, 0.29) is 24.9 Å². The highest BCUT2D eigenvalue weighted by Gasteiger charge is 2.22. The molecule has 0 saturated heterocycles. The maximum absolute atomic E-state index is 12.2. The van der Waals surface area contributed by atoms with E-state index >= 15 is 0 Å². The van der Waals surface area contributed by atoms with Gasteiger partial charge < -0.3 is 14.8 Å². The van der Waals surface area contributed by atoms with Gasteiger partial charge in [0, 0.05) is 19.5 Å². The molecule has 1 atom stereocenters. The normalized spacial score (nSPS) is 13.1. The van der Waals surface area contributed by atoms with Crippen molar-refractivity contribution in [2.24, 2.45) is 0 Å². The first-order valence-corrected chi connectivity index (χ1v) is 8.94. The first-order chi connectivity index (χ1) is 11.7. The first-order valence-electron chi connectivity index (χ1n) is 8.94. The van der Waals surface area contributed by atoms with Crippen LogP contribution in [0, 0.1) is 0 Å². The lowest BCUT2D eigenvalue weighted by atomic mass is 10.1. The predicted molar refractivity (Wildman–Crippen MR) is 99.3 cm³/mol. The fourth-order valence-corrected chi connectivity index (χ4v) is 2.14. The van der Waals surface area contributed by atoms with Crippen LogP contribution in [0.5, 0.6) is 0 Å². The van der Waals surface area contributed by atoms with Crippen LogP contribution in [0.4, 0.5) is 4.79 Å². The average Bonchev–Trinajstić information content (AvgIpc) is 2.32. The average molecular weight is 373 g/mol. The summed E-state index contributed by atoms with van der Waals surface area (Å²) >= 11 is 0. The molecule has 0 heterocycles. The molecule has 152 valence electrons. The molecule has 0 spiro atoms. The molecule has 8 heteroatoms. The standard InChI is InChI=1S/C18H35N3O5/c1-9-10-13(19-16(24)26-18(5,6)7)11-14(22)20-21(8)12-15(23)25-17(2,3)4/h13H,9-12H2,1-8H3,(H,19,24)(H,20,22)/t13-/m0/s1. The molecule has 26 heavy (non-hydrogen) atoms. The van der Waals surface area contributed by atoms with Gasteiger partial charge in [-0.15, -0.1) is 0 Å². The van der Waals surface area contributed by atoms with E-state index in [0.717, 1.165) is 6.42 Å². The van der Waals surface area contributed by atoms with Gasteiger partial charge in [-0.05, 0) is 48.0 Å². The Kier molecular flexibility index (Phi) is 9.62. The number of esters is 1. The summed E-state index contributed by atoms with van der Waals surface area (Å²) in [6, 6.07) is -0.343. The Morgan fingerprint density at radius 3 is 2.00 bits per heavy atom. The first kappa shape index (κ1) is 24.2. The molecule has 0 aromatic heterocycles. The Labute approximate surface area is 156 Å². The van der Waals surface area contributed by atoms with Crippen molar-refractivity contribution in [1.29, 1.82) is 0 Å². The van der Waals surface area contributed by atoms with Gasteiger partial charge in [0.05, 0.1) is 0 Å². The lowest BCUT2D eigenvalue weighted by molar-refractivity contribution is -0.156. The van der Waals surface area contributed by atoms with E-state index < -0.39 is 23.3 Å². The van der Waals surface area contributed by atoms with Gasteiger partial charge in [-0.3, -0.25) is 15.0 Å². The summed E-state index contributed by atoms with van der Waals surface area (Å²) in [6.45, 7) is 12.6. The van der Waals surface area contributed by atoms with Crippen LogP contribution in [0.25, 0.3) is 0 Å². The Morgan fingerprint density at radius 1 is 1.00 bits per heavy atom. The van der Waals surface area contributed by atoms with Crippen molar-refractivity contribution >= 4 is 18.0 Å². The summed E-state index contributed by atoms with van der Waals surface area (Å²) < 4.78 is 10.4. The van der Waals surface area contributed by atoms with E-state index in [1.807, 2.05) is 6.92 Å². The molecule has 0 aliphatic rings. The fourth-order valence-electron chi connectivity index (χ4n) is 2.14. The van der Waals surface area contributed by atoms with Crippen molar-refractivity contribution in [2.45, 2.75) is 85.0 Å². The second-order valence-corrected chi connectivity index (χ2v) is 8.31. The molecule has 0 radical (unpaired) electrons. The number of rotatable bonds is 8. The van der Waals surface area contributed by atoms with Crippen LogP contribution in [-0.2, 0) is 19.1 Å². The number of nitrogens with one attached hydrogen (secondary N) is 2. The van der Waals surface area contributed by atoms with Crippen LogP contribution >= 0.6 is 0 Å². The molecule has 0 bridgehead atoms. The third-order valence-electron chi connectivity index (χ3n) is 2.89. The van der Waals surface area contributed by atoms with Crippen LogP contribution in [0.2, 0.25) is 0 Å². The van der Waals surface area contributed by atoms with E-state index in [0.29, 0.717) is 6.42 Å². The van der Waals surface area contributed by atoms with Crippen LogP contribution in [0.1, 0.15) is 67.7 Å². The number of hydrogen-bond acceptors (Lipinski definition) is 6. The number of nitrogens with zero attached hydrogens (tertiary/aromatic N) is 1. The number of carbonyl (C=O) groups excluding carboxylic acids is 3. The lowest BCUT2D eigenvalue weighted by Gasteiger charge is -2.25. The van der Waals surface area contributed by atoms with E-state index in [1.54, 1.807) is 48.6 Å². The zero-order valence-electron chi connectivity index (χ0n) is 17.4. The van der Waals surface area contributed by atoms with Crippen LogP contribution < -0.4 is 10.7 Å². The van der Waals surface area contributed by atoms with Gasteiger partial charge in [-0.1, -0.05) is 13.3 Å². The topological polar surface area (TPSA) is 97.0 Å². The van der Waals surface area contributed by atoms with E-state index in [9.17, 15) is 14.4 Å². The Bertz CT molecular complexity index is 480. The summed E-state index contributed by atoms with van der Waals surface area (Å²) in [7, 11) is 1.58. The quantitative estimate of drug-likeness (QED) is 0.501. The summed E-state index contributed by atoms with van der Waals surface area (Å²) in [6.07, 6.45) is 0.987. The predicted octanol–water partition coefficient (Wildman–Crippen LogP) is 2.37. The third kappa shape index (κ3) is 13.5. The van der Waals surface area contributed by atoms with Gasteiger partial charge in [-0.25, -0.2) is 9.80 Å². The van der Waals surface area contributed by atoms with Gasteiger partial charge in [0.15, 0.2) is 0 Å². The van der Waals surface area contributed by atoms with Gasteiger partial charge >= 0.3 is 12.1 Å². The molecular weight excluding hydrogens is 338 g/mol. The number of carbonyl (C=O) groups is 3. The van der Waals surface area contributed by atoms with Crippen LogP contribution in [0.3, 0.4) is 0 Å². The monoisotopic (exact) mass is 373 g/mol. The molecule has 2 N–H and O–H groups in total. The molecule has 2 amide bonds. The zero-order chi connectivity index (χ0) is 20.5. The summed E-state index contributed by atoms with van der Waals surface area (Å²) in [5.74, 6) is -0.733. The highest BCUT2D eigenvalue weighted by molar-refractivity contribution is 5.78. The molecule has 0 aliphatic heterocycles. The smallest absolute Gasteiger partial charge is 0.407 e. The minimum Gasteiger partial charge on any atom is -0.459 e. The molecule has 0 fully saturated rings. The van der Waals surface area contributed by atoms with Gasteiger partial charge in [0.25, 0.3) is 0 Å². The maximum atomic E-state index is 12.2. The van der Waals surface area contributed by atoms with E-state index in [1.165, 1.54) is 5.01 Å². The Morgan fingerprint density at radius 2 is 1.54 bits per heavy atom. The fraction of sp³-hybridized carbons (Fsp3) is 0.833. The van der Waals surface area contributed by atoms with Crippen molar-refractivity contribution in [1.82, 2.24) is 15.8 Å². The number of hydrogen-bond donors (Lipinski definition) is 2. The lowest BCUT2D eigenvalue weighted by Crippen LogP contribution is -2.47. The minimum atomic E-state index is -0.600. The SMILES string of the molecule is CCC[C@@H](CC(=O)NN(C)CC(=O)OC(C)(C)C)NC(=O)OC(C)(C)C. The molecule has 0 aromatic rings. The van der Waals surface area contributed by atoms with Crippen molar-refractivity contribution < 1.29 is 23.9 Å². The zero-order valence-corrected chi connectivity index (χ0v) is 17.4. The number of alkyl carbamates (subject to hydrolysis) is 1. The molecular formula is C18H35N3O5. The summed E-state index contributed by atoms with van der Waals surface area (Å²) in [5, 5.41) is 4.09. The van der Waals surface area contributed by atoms with Crippen LogP contribution in [-0.4, -0.2) is 53.8 Å². The molecule has 0 unspecified atom stereocenters. The van der Waals surface area contributed by atoms with Crippen molar-refractivity contribution in [2.75, 3.05) is 13.6 Å². The van der Waals surface area contributed by atoms with Crippen molar-refractivity contribution in [3.05, 3.63) is 0 Å². The molecule has 0 aromatic carbocycles. The minimum absolute atomic E-state index is 0.0685. The number of likely N-dealkylation sites (N-methyl/N-ethyl adjacent to an activating group) is 1. The Balaban J connectivity index is 4.49. The summed E-state index contributed by atoms with van der Waals surface area (Å²) in [5.41, 5.74) is 1.43. The number of amides is 2. The maximum Gasteiger partial charge on any atom is 0.407 e. The van der Waals surface area contributed by atoms with Gasteiger partial charge in [0.2, 0.25) is 5.91 Å². The highest BCUT2D eigenvalue weighted by atomic mass is 16.6. The highest BCUT2D eigenvalue weighted by Crippen LogP contribution is 2.09. The van der Waals surface area contributed by atoms with E-state index in [4.69, 9.17) is 9.47 Å². The number of hydrazine groups is 1. The molecule has 0 aliphatic carbocycles. The number of ether oxygens (including phenoxy) is 2. The van der Waals surface area contributed by atoms with E-state index in [2.05, 4.69) is 10.7 Å². The largest absolute Gasteiger partial charge is 0.459 e. The van der Waals surface area contributed by atoms with Gasteiger partial charge in [0.1, 0.15) is 17.7 Å². The second kappa shape index (κ2) is 10.4. The van der Waals surface area contributed by atoms with Gasteiger partial charge in [-0.2, -0.15) is 0 Å². The molecule has 0 saturated carbocycles. The third-order valence-corrected chi connectivity index (χ3v) is 2.89. The Hall–Kier alpha value is -1.83. The van der Waals surface area contributed by atoms with Crippen LogP contribution in [0.15, 0.2) is 0 Å². The molecule has 0 rings (SSSR count). The van der Waals surface area contributed by atoms with Crippen molar-refractivity contribution in [3.63, 3.8) is 0 Å². The summed E-state index contributed by atoms with van der Waals surface area (Å²) in [4.78, 5) is 35.8. The molecule has 8 nitrogen and oxygen atoms in total. The second-order valence-electron chi connectivity index (χ2n) is 8.31.